The number of benzene rings is 1. The average Bonchev–Trinajstić information content (AvgIpc) is 3.53. The van der Waals surface area contributed by atoms with Gasteiger partial charge in [0.1, 0.15) is 11.3 Å². The minimum Gasteiger partial charge on any atom is -0.492 e. The van der Waals surface area contributed by atoms with E-state index in [9.17, 15) is 18.0 Å². The topological polar surface area (TPSA) is 121 Å². The van der Waals surface area contributed by atoms with Crippen LogP contribution in [0.15, 0.2) is 17.1 Å². The minimum atomic E-state index is -4.13. The van der Waals surface area contributed by atoms with E-state index in [1.54, 1.807) is 4.57 Å². The summed E-state index contributed by atoms with van der Waals surface area (Å²) in [4.78, 5) is 27.4. The van der Waals surface area contributed by atoms with Gasteiger partial charge < -0.3 is 24.1 Å². The van der Waals surface area contributed by atoms with Gasteiger partial charge in [-0.05, 0) is 30.7 Å². The van der Waals surface area contributed by atoms with Gasteiger partial charge in [0, 0.05) is 31.4 Å². The average molecular weight is 482 g/mol. The van der Waals surface area contributed by atoms with Crippen molar-refractivity contribution in [2.45, 2.75) is 45.2 Å². The van der Waals surface area contributed by atoms with E-state index < -0.39 is 32.9 Å². The summed E-state index contributed by atoms with van der Waals surface area (Å²) >= 11 is 0. The monoisotopic (exact) mass is 481 g/mol. The third-order valence-corrected chi connectivity index (χ3v) is 6.87. The number of halogens is 1. The van der Waals surface area contributed by atoms with Crippen LogP contribution >= 0.6 is 0 Å². The van der Waals surface area contributed by atoms with Crippen LogP contribution < -0.4 is 20.8 Å². The van der Waals surface area contributed by atoms with Crippen LogP contribution in [0.2, 0.25) is 0 Å². The number of nitrogens with zero attached hydrogens (tertiary/aromatic N) is 2. The first-order valence-electron chi connectivity index (χ1n) is 10.7. The molecule has 2 heterocycles. The number of pyridine rings is 1. The second-order valence-electron chi connectivity index (χ2n) is 9.53. The molecule has 1 aromatic heterocycles. The van der Waals surface area contributed by atoms with Gasteiger partial charge in [-0.15, -0.1) is 0 Å². The van der Waals surface area contributed by atoms with E-state index in [0.29, 0.717) is 31.3 Å². The highest BCUT2D eigenvalue weighted by Crippen LogP contribution is 2.45. The van der Waals surface area contributed by atoms with Crippen molar-refractivity contribution in [3.63, 3.8) is 0 Å². The SMILES string of the molecule is COc1c(N2CCC(N)C(C)(C)C2)c(F)cc2c(=O)c(C(=O)OS(C)(=O)=O)cn(C3CC3)c12. The Morgan fingerprint density at radius 3 is 2.48 bits per heavy atom. The number of aromatic nitrogens is 1. The summed E-state index contributed by atoms with van der Waals surface area (Å²) in [6.07, 6.45) is 4.25. The fraction of sp³-hybridized carbons (Fsp3) is 0.545. The quantitative estimate of drug-likeness (QED) is 0.645. The number of hydrogen-bond donors (Lipinski definition) is 1. The van der Waals surface area contributed by atoms with Crippen LogP contribution in [-0.2, 0) is 14.3 Å². The molecule has 2 aromatic rings. The second-order valence-corrected chi connectivity index (χ2v) is 11.1. The largest absolute Gasteiger partial charge is 0.492 e. The van der Waals surface area contributed by atoms with Crippen LogP contribution in [0, 0.1) is 11.2 Å². The Kier molecular flexibility index (Phi) is 5.68. The van der Waals surface area contributed by atoms with Crippen LogP contribution in [0.1, 0.15) is 49.5 Å². The summed E-state index contributed by atoms with van der Waals surface area (Å²) in [6.45, 7) is 5.07. The van der Waals surface area contributed by atoms with Crippen molar-refractivity contribution in [3.8, 4) is 5.75 Å². The van der Waals surface area contributed by atoms with Gasteiger partial charge in [-0.1, -0.05) is 13.8 Å². The van der Waals surface area contributed by atoms with Crippen LogP contribution in [-0.4, -0.2) is 51.5 Å². The second kappa shape index (κ2) is 7.98. The first-order valence-corrected chi connectivity index (χ1v) is 12.6. The van der Waals surface area contributed by atoms with Crippen molar-refractivity contribution >= 4 is 32.7 Å². The lowest BCUT2D eigenvalue weighted by Gasteiger charge is -2.44. The predicted octanol–water partition coefficient (Wildman–Crippen LogP) is 2.16. The number of carbonyl (C=O) groups excluding carboxylic acids is 1. The number of carbonyl (C=O) groups is 1. The maximum atomic E-state index is 15.5. The van der Waals surface area contributed by atoms with Gasteiger partial charge in [-0.2, -0.15) is 8.42 Å². The Morgan fingerprint density at radius 2 is 1.94 bits per heavy atom. The van der Waals surface area contributed by atoms with Gasteiger partial charge in [0.25, 0.3) is 0 Å². The molecule has 2 N–H and O–H groups in total. The Bertz CT molecular complexity index is 1300. The third kappa shape index (κ3) is 4.31. The Hall–Kier alpha value is -2.66. The Labute approximate surface area is 191 Å². The molecule has 1 aromatic carbocycles. The Balaban J connectivity index is 1.95. The Morgan fingerprint density at radius 1 is 1.27 bits per heavy atom. The molecule has 1 aliphatic carbocycles. The molecular formula is C22H28FN3O6S. The van der Waals surface area contributed by atoms with E-state index in [0.717, 1.165) is 18.9 Å². The zero-order valence-corrected chi connectivity index (χ0v) is 19.9. The summed E-state index contributed by atoms with van der Waals surface area (Å²) < 4.78 is 50.1. The molecule has 180 valence electrons. The molecule has 0 radical (unpaired) electrons. The first kappa shape index (κ1) is 23.5. The predicted molar refractivity (Wildman–Crippen MR) is 122 cm³/mol. The normalized spacial score (nSPS) is 20.7. The number of piperidine rings is 1. The molecule has 2 aliphatic rings. The molecule has 1 aliphatic heterocycles. The molecule has 33 heavy (non-hydrogen) atoms. The number of rotatable bonds is 5. The highest BCUT2D eigenvalue weighted by Gasteiger charge is 2.37. The lowest BCUT2D eigenvalue weighted by molar-refractivity contribution is 0.0746. The molecular weight excluding hydrogens is 453 g/mol. The van der Waals surface area contributed by atoms with Crippen molar-refractivity contribution in [3.05, 3.63) is 33.9 Å². The molecule has 2 fully saturated rings. The van der Waals surface area contributed by atoms with Crippen molar-refractivity contribution in [1.29, 1.82) is 0 Å². The van der Waals surface area contributed by atoms with Gasteiger partial charge in [0.15, 0.2) is 11.6 Å². The highest BCUT2D eigenvalue weighted by atomic mass is 32.2. The van der Waals surface area contributed by atoms with Gasteiger partial charge in [0.2, 0.25) is 5.43 Å². The number of fused-ring (bicyclic) bond motifs is 1. The van der Waals surface area contributed by atoms with Crippen LogP contribution in [0.25, 0.3) is 10.9 Å². The summed E-state index contributed by atoms with van der Waals surface area (Å²) in [7, 11) is -2.72. The van der Waals surface area contributed by atoms with Crippen LogP contribution in [0.3, 0.4) is 0 Å². The molecule has 1 saturated carbocycles. The van der Waals surface area contributed by atoms with E-state index >= 15 is 4.39 Å². The maximum absolute atomic E-state index is 15.5. The van der Waals surface area contributed by atoms with Gasteiger partial charge in [-0.3, -0.25) is 4.79 Å². The third-order valence-electron chi connectivity index (χ3n) is 6.42. The van der Waals surface area contributed by atoms with E-state index in [1.807, 2.05) is 18.7 Å². The number of ether oxygens (including phenoxy) is 1. The molecule has 0 bridgehead atoms. The maximum Gasteiger partial charge on any atom is 0.359 e. The molecule has 1 atom stereocenters. The number of hydrogen-bond acceptors (Lipinski definition) is 8. The number of anilines is 1. The van der Waals surface area contributed by atoms with Crippen molar-refractivity contribution < 1.29 is 26.5 Å². The number of nitrogens with two attached hydrogens (primary N) is 1. The van der Waals surface area contributed by atoms with Gasteiger partial charge >= 0.3 is 16.1 Å². The van der Waals surface area contributed by atoms with E-state index in [2.05, 4.69) is 4.18 Å². The fourth-order valence-electron chi connectivity index (χ4n) is 4.46. The van der Waals surface area contributed by atoms with Crippen LogP contribution in [0.5, 0.6) is 5.75 Å². The summed E-state index contributed by atoms with van der Waals surface area (Å²) in [5.41, 5.74) is 5.30. The minimum absolute atomic E-state index is 0.0312. The molecule has 0 spiro atoms. The van der Waals surface area contributed by atoms with Crippen molar-refractivity contribution in [1.82, 2.24) is 4.57 Å². The molecule has 9 nitrogen and oxygen atoms in total. The molecule has 1 unspecified atom stereocenters. The molecule has 1 saturated heterocycles. The molecule has 0 amide bonds. The smallest absolute Gasteiger partial charge is 0.359 e. The summed E-state index contributed by atoms with van der Waals surface area (Å²) in [5.74, 6) is -1.77. The number of methoxy groups -OCH3 is 1. The zero-order valence-electron chi connectivity index (χ0n) is 19.1. The summed E-state index contributed by atoms with van der Waals surface area (Å²) in [6, 6.07) is 1.03. The van der Waals surface area contributed by atoms with Crippen molar-refractivity contribution in [2.24, 2.45) is 11.1 Å². The fourth-order valence-corrected chi connectivity index (χ4v) is 4.83. The van der Waals surface area contributed by atoms with E-state index in [1.165, 1.54) is 13.3 Å². The van der Waals surface area contributed by atoms with E-state index in [-0.39, 0.29) is 34.3 Å². The van der Waals surface area contributed by atoms with Crippen LogP contribution in [0.4, 0.5) is 10.1 Å². The molecule has 11 heteroatoms. The van der Waals surface area contributed by atoms with Gasteiger partial charge in [-0.25, -0.2) is 9.18 Å². The van der Waals surface area contributed by atoms with Gasteiger partial charge in [0.05, 0.1) is 24.3 Å². The van der Waals surface area contributed by atoms with Crippen molar-refractivity contribution in [2.75, 3.05) is 31.4 Å². The molecule has 4 rings (SSSR count). The van der Waals surface area contributed by atoms with E-state index in [4.69, 9.17) is 10.5 Å². The summed E-state index contributed by atoms with van der Waals surface area (Å²) in [5, 5.41) is -0.0732. The lowest BCUT2D eigenvalue weighted by Crippen LogP contribution is -2.52. The zero-order chi connectivity index (χ0) is 24.3. The lowest BCUT2D eigenvalue weighted by atomic mass is 9.79. The first-order chi connectivity index (χ1) is 15.3. The highest BCUT2D eigenvalue weighted by molar-refractivity contribution is 7.86. The standard InChI is InChI=1S/C22H28FN3O6S/c1-22(2)11-25(8-7-16(22)24)18-15(23)9-13-17(20(18)31-3)26(12-5-6-12)10-14(19(13)27)21(28)32-33(4,29)30/h9-10,12,16H,5-8,11,24H2,1-4H3.